The monoisotopic (exact) mass is 183 g/mol. The zero-order valence-corrected chi connectivity index (χ0v) is 9.31. The van der Waals surface area contributed by atoms with Crippen LogP contribution in [-0.2, 0) is 0 Å². The molecule has 0 aromatic carbocycles. The van der Waals surface area contributed by atoms with E-state index < -0.39 is 0 Å². The van der Waals surface area contributed by atoms with Gasteiger partial charge in [0, 0.05) is 0 Å². The number of hydrogen-bond donors (Lipinski definition) is 1. The molecule has 1 aliphatic rings. The van der Waals surface area contributed by atoms with Crippen LogP contribution in [0.25, 0.3) is 0 Å². The molecular formula is C12H25N. The zero-order chi connectivity index (χ0) is 9.52. The SMILES string of the molecule is CC1CCCCCNCCCC1C. The second-order valence-corrected chi connectivity index (χ2v) is 4.70. The lowest BCUT2D eigenvalue weighted by atomic mass is 9.88. The fraction of sp³-hybridized carbons (Fsp3) is 1.00. The summed E-state index contributed by atoms with van der Waals surface area (Å²) in [6, 6.07) is 0. The van der Waals surface area contributed by atoms with Crippen molar-refractivity contribution < 1.29 is 0 Å². The van der Waals surface area contributed by atoms with Crippen LogP contribution >= 0.6 is 0 Å². The molecule has 0 aromatic rings. The summed E-state index contributed by atoms with van der Waals surface area (Å²) in [5.41, 5.74) is 0. The van der Waals surface area contributed by atoms with E-state index in [1.807, 2.05) is 0 Å². The minimum atomic E-state index is 0.930. The molecular weight excluding hydrogens is 158 g/mol. The lowest BCUT2D eigenvalue weighted by Gasteiger charge is -2.18. The van der Waals surface area contributed by atoms with Crippen molar-refractivity contribution in [2.45, 2.75) is 52.4 Å². The lowest BCUT2D eigenvalue weighted by Crippen LogP contribution is -2.17. The van der Waals surface area contributed by atoms with Gasteiger partial charge in [-0.05, 0) is 44.2 Å². The van der Waals surface area contributed by atoms with Gasteiger partial charge in [0.05, 0.1) is 0 Å². The van der Waals surface area contributed by atoms with Gasteiger partial charge in [0.1, 0.15) is 0 Å². The van der Waals surface area contributed by atoms with Crippen LogP contribution in [-0.4, -0.2) is 13.1 Å². The lowest BCUT2D eigenvalue weighted by molar-refractivity contribution is 0.331. The Kier molecular flexibility index (Phi) is 5.45. The topological polar surface area (TPSA) is 12.0 Å². The summed E-state index contributed by atoms with van der Waals surface area (Å²) in [5, 5.41) is 3.52. The smallest absolute Gasteiger partial charge is 0.00488 e. The van der Waals surface area contributed by atoms with Gasteiger partial charge in [-0.15, -0.1) is 0 Å². The van der Waals surface area contributed by atoms with Crippen LogP contribution in [0.3, 0.4) is 0 Å². The molecule has 2 unspecified atom stereocenters. The van der Waals surface area contributed by atoms with E-state index in [4.69, 9.17) is 0 Å². The summed E-state index contributed by atoms with van der Waals surface area (Å²) in [4.78, 5) is 0. The van der Waals surface area contributed by atoms with Crippen molar-refractivity contribution in [3.63, 3.8) is 0 Å². The maximum Gasteiger partial charge on any atom is -0.00488 e. The van der Waals surface area contributed by atoms with Crippen LogP contribution in [0.4, 0.5) is 0 Å². The van der Waals surface area contributed by atoms with E-state index in [-0.39, 0.29) is 0 Å². The molecule has 1 rings (SSSR count). The summed E-state index contributed by atoms with van der Waals surface area (Å²) in [6.45, 7) is 7.32. The molecule has 0 bridgehead atoms. The Labute approximate surface area is 83.3 Å². The average molecular weight is 183 g/mol. The largest absolute Gasteiger partial charge is 0.317 e. The molecule has 78 valence electrons. The van der Waals surface area contributed by atoms with Crippen molar-refractivity contribution in [1.29, 1.82) is 0 Å². The Morgan fingerprint density at radius 2 is 1.38 bits per heavy atom. The van der Waals surface area contributed by atoms with E-state index in [0.29, 0.717) is 0 Å². The third-order valence-electron chi connectivity index (χ3n) is 3.50. The van der Waals surface area contributed by atoms with Gasteiger partial charge in [-0.3, -0.25) is 0 Å². The molecule has 0 amide bonds. The van der Waals surface area contributed by atoms with Gasteiger partial charge in [-0.1, -0.05) is 33.1 Å². The van der Waals surface area contributed by atoms with Gasteiger partial charge in [-0.25, -0.2) is 0 Å². The van der Waals surface area contributed by atoms with Crippen molar-refractivity contribution >= 4 is 0 Å². The zero-order valence-electron chi connectivity index (χ0n) is 9.31. The van der Waals surface area contributed by atoms with Gasteiger partial charge < -0.3 is 5.32 Å². The minimum Gasteiger partial charge on any atom is -0.317 e. The highest BCUT2D eigenvalue weighted by atomic mass is 14.8. The number of nitrogens with one attached hydrogen (secondary N) is 1. The maximum atomic E-state index is 3.52. The highest BCUT2D eigenvalue weighted by Gasteiger charge is 2.11. The van der Waals surface area contributed by atoms with E-state index in [2.05, 4.69) is 19.2 Å². The molecule has 0 spiro atoms. The van der Waals surface area contributed by atoms with E-state index >= 15 is 0 Å². The van der Waals surface area contributed by atoms with E-state index in [1.165, 1.54) is 51.6 Å². The Morgan fingerprint density at radius 3 is 2.15 bits per heavy atom. The van der Waals surface area contributed by atoms with Crippen LogP contribution in [0, 0.1) is 11.8 Å². The van der Waals surface area contributed by atoms with Crippen LogP contribution in [0.2, 0.25) is 0 Å². The van der Waals surface area contributed by atoms with Crippen molar-refractivity contribution in [1.82, 2.24) is 5.32 Å². The summed E-state index contributed by atoms with van der Waals surface area (Å²) in [6.07, 6.45) is 8.46. The molecule has 13 heavy (non-hydrogen) atoms. The molecule has 0 aromatic heterocycles. The summed E-state index contributed by atoms with van der Waals surface area (Å²) >= 11 is 0. The number of rotatable bonds is 0. The van der Waals surface area contributed by atoms with Crippen molar-refractivity contribution in [3.05, 3.63) is 0 Å². The quantitative estimate of drug-likeness (QED) is 0.608. The molecule has 1 heterocycles. The summed E-state index contributed by atoms with van der Waals surface area (Å²) < 4.78 is 0. The Hall–Kier alpha value is -0.0400. The van der Waals surface area contributed by atoms with Crippen molar-refractivity contribution in [3.8, 4) is 0 Å². The van der Waals surface area contributed by atoms with Gasteiger partial charge in [0.15, 0.2) is 0 Å². The Morgan fingerprint density at radius 1 is 0.769 bits per heavy atom. The van der Waals surface area contributed by atoms with Crippen LogP contribution in [0.1, 0.15) is 52.4 Å². The minimum absolute atomic E-state index is 0.930. The summed E-state index contributed by atoms with van der Waals surface area (Å²) in [7, 11) is 0. The molecule has 0 radical (unpaired) electrons. The standard InChI is InChI=1S/C12H25N/c1-11-7-4-3-5-9-13-10-6-8-12(11)2/h11-13H,3-10H2,1-2H3. The molecule has 1 aliphatic heterocycles. The van der Waals surface area contributed by atoms with Crippen LogP contribution < -0.4 is 5.32 Å². The molecule has 0 saturated carbocycles. The van der Waals surface area contributed by atoms with Crippen LogP contribution in [0.15, 0.2) is 0 Å². The van der Waals surface area contributed by atoms with E-state index in [1.54, 1.807) is 0 Å². The second kappa shape index (κ2) is 6.42. The first-order chi connectivity index (χ1) is 6.30. The maximum absolute atomic E-state index is 3.52. The number of hydrogen-bond acceptors (Lipinski definition) is 1. The highest BCUT2D eigenvalue weighted by Crippen LogP contribution is 2.22. The van der Waals surface area contributed by atoms with Crippen molar-refractivity contribution in [2.75, 3.05) is 13.1 Å². The van der Waals surface area contributed by atoms with Crippen molar-refractivity contribution in [2.24, 2.45) is 11.8 Å². The fourth-order valence-electron chi connectivity index (χ4n) is 2.14. The predicted molar refractivity (Wildman–Crippen MR) is 58.9 cm³/mol. The predicted octanol–water partition coefficient (Wildman–Crippen LogP) is 3.20. The second-order valence-electron chi connectivity index (χ2n) is 4.70. The molecule has 1 heteroatoms. The third kappa shape index (κ3) is 4.66. The average Bonchev–Trinajstić information content (AvgIpc) is 2.16. The first kappa shape index (κ1) is 11.0. The van der Waals surface area contributed by atoms with E-state index in [0.717, 1.165) is 11.8 Å². The molecule has 1 N–H and O–H groups in total. The Bertz CT molecular complexity index is 108. The van der Waals surface area contributed by atoms with Gasteiger partial charge in [0.2, 0.25) is 0 Å². The van der Waals surface area contributed by atoms with Crippen LogP contribution in [0.5, 0.6) is 0 Å². The molecule has 1 nitrogen and oxygen atoms in total. The molecule has 1 saturated heterocycles. The first-order valence-corrected chi connectivity index (χ1v) is 6.01. The Balaban J connectivity index is 2.26. The molecule has 1 fully saturated rings. The normalized spacial score (nSPS) is 33.7. The van der Waals surface area contributed by atoms with Gasteiger partial charge in [-0.2, -0.15) is 0 Å². The van der Waals surface area contributed by atoms with E-state index in [9.17, 15) is 0 Å². The fourth-order valence-corrected chi connectivity index (χ4v) is 2.14. The summed E-state index contributed by atoms with van der Waals surface area (Å²) in [5.74, 6) is 1.87. The molecule has 2 atom stereocenters. The van der Waals surface area contributed by atoms with Gasteiger partial charge >= 0.3 is 0 Å². The molecule has 0 aliphatic carbocycles. The first-order valence-electron chi connectivity index (χ1n) is 6.01. The highest BCUT2D eigenvalue weighted by molar-refractivity contribution is 4.65. The van der Waals surface area contributed by atoms with Gasteiger partial charge in [0.25, 0.3) is 0 Å². The third-order valence-corrected chi connectivity index (χ3v) is 3.50.